The first-order valence-electron chi connectivity index (χ1n) is 13.8. The molecule has 0 aliphatic carbocycles. The monoisotopic (exact) mass is 743 g/mol. The zero-order valence-corrected chi connectivity index (χ0v) is 26.4. The van der Waals surface area contributed by atoms with Crippen LogP contribution in [0.25, 0.3) is 44.4 Å². The molecule has 7 rings (SSSR count). The van der Waals surface area contributed by atoms with Crippen LogP contribution in [0.3, 0.4) is 0 Å². The Labute approximate surface area is 264 Å². The van der Waals surface area contributed by atoms with Gasteiger partial charge in [-0.1, -0.05) is 23.7 Å². The molecule has 6 nitrogen and oxygen atoms in total. The van der Waals surface area contributed by atoms with Crippen LogP contribution in [0.5, 0.6) is 17.2 Å². The molecule has 7 heteroatoms. The Morgan fingerprint density at radius 2 is 1.58 bits per heavy atom. The van der Waals surface area contributed by atoms with Gasteiger partial charge in [-0.25, -0.2) is 4.98 Å². The summed E-state index contributed by atoms with van der Waals surface area (Å²) in [5.41, 5.74) is 8.35. The fourth-order valence-corrected chi connectivity index (χ4v) is 5.64. The Balaban J connectivity index is 0.00000329. The average molecular weight is 744 g/mol. The molecular formula is C36H28N4O2Pt. The van der Waals surface area contributed by atoms with Gasteiger partial charge in [-0.05, 0) is 84.4 Å². The fraction of sp³-hybridized carbons (Fsp3) is 0.111. The minimum Gasteiger partial charge on any atom is -0.509 e. The number of aromatic nitrogens is 4. The number of rotatable bonds is 6. The maximum atomic E-state index is 6.31. The second-order valence-corrected chi connectivity index (χ2v) is 10.4. The Kier molecular flexibility index (Phi) is 7.64. The smallest absolute Gasteiger partial charge is 0.509 e. The van der Waals surface area contributed by atoms with Crippen LogP contribution in [0.4, 0.5) is 0 Å². The second kappa shape index (κ2) is 11.5. The topological polar surface area (TPSA) is 54.1 Å². The van der Waals surface area contributed by atoms with Gasteiger partial charge < -0.3 is 14.0 Å². The number of para-hydroxylation sites is 1. The van der Waals surface area contributed by atoms with Crippen molar-refractivity contribution in [3.63, 3.8) is 0 Å². The first-order valence-corrected chi connectivity index (χ1v) is 13.8. The van der Waals surface area contributed by atoms with Crippen LogP contribution in [-0.2, 0) is 21.1 Å². The molecule has 43 heavy (non-hydrogen) atoms. The number of aryl methyl sites for hydroxylation is 3. The largest absolute Gasteiger partial charge is 2.00 e. The van der Waals surface area contributed by atoms with Crippen molar-refractivity contribution in [2.45, 2.75) is 20.8 Å². The van der Waals surface area contributed by atoms with Crippen molar-refractivity contribution < 1.29 is 30.5 Å². The molecule has 0 aliphatic heterocycles. The van der Waals surface area contributed by atoms with Crippen LogP contribution in [0, 0.1) is 32.9 Å². The van der Waals surface area contributed by atoms with Gasteiger partial charge in [0.05, 0.1) is 13.3 Å². The minimum absolute atomic E-state index is 0. The van der Waals surface area contributed by atoms with Crippen LogP contribution in [0.2, 0.25) is 0 Å². The molecule has 0 amide bonds. The van der Waals surface area contributed by atoms with Gasteiger partial charge in [0.15, 0.2) is 0 Å². The zero-order chi connectivity index (χ0) is 28.8. The number of nitrogens with zero attached hydrogens (tertiary/aromatic N) is 4. The number of ether oxygens (including phenoxy) is 2. The summed E-state index contributed by atoms with van der Waals surface area (Å²) in [7, 11) is 1.69. The molecule has 0 saturated heterocycles. The van der Waals surface area contributed by atoms with Crippen LogP contribution in [-0.4, -0.2) is 26.4 Å². The molecule has 0 radical (unpaired) electrons. The van der Waals surface area contributed by atoms with E-state index >= 15 is 0 Å². The summed E-state index contributed by atoms with van der Waals surface area (Å²) in [6, 6.07) is 33.2. The van der Waals surface area contributed by atoms with Crippen LogP contribution in [0.1, 0.15) is 16.7 Å². The molecule has 0 unspecified atom stereocenters. The van der Waals surface area contributed by atoms with E-state index in [1.165, 1.54) is 0 Å². The number of benzene rings is 4. The molecule has 0 N–H and O–H groups in total. The van der Waals surface area contributed by atoms with E-state index in [1.54, 1.807) is 7.11 Å². The first-order chi connectivity index (χ1) is 20.5. The maximum absolute atomic E-state index is 6.31. The predicted octanol–water partition coefficient (Wildman–Crippen LogP) is 8.36. The summed E-state index contributed by atoms with van der Waals surface area (Å²) < 4.78 is 15.7. The van der Waals surface area contributed by atoms with Gasteiger partial charge in [-0.2, -0.15) is 17.2 Å². The van der Waals surface area contributed by atoms with Crippen molar-refractivity contribution in [1.82, 2.24) is 19.3 Å². The summed E-state index contributed by atoms with van der Waals surface area (Å²) in [6.07, 6.45) is 5.73. The van der Waals surface area contributed by atoms with Crippen molar-refractivity contribution in [3.05, 3.63) is 126 Å². The standard InChI is InChI=1S/C36H28N4O2.Pt/c1-23-14-15-37-35(16-23)40-33-11-6-5-10-31(33)32-13-12-29(20-34(32)40)42-28-9-7-8-27(19-28)39-22-26(21-38-39)36-24(2)17-30(41-4)18-25(36)3;/h5-18,21-22H,1-4H3;/q-2;+2. The van der Waals surface area contributed by atoms with Crippen molar-refractivity contribution in [2.24, 2.45) is 0 Å². The maximum Gasteiger partial charge on any atom is 2.00 e. The molecule has 0 bridgehead atoms. The molecule has 0 saturated carbocycles. The third-order valence-electron chi connectivity index (χ3n) is 7.52. The summed E-state index contributed by atoms with van der Waals surface area (Å²) in [4.78, 5) is 4.66. The van der Waals surface area contributed by atoms with Gasteiger partial charge in [-0.15, -0.1) is 35.7 Å². The van der Waals surface area contributed by atoms with Gasteiger partial charge >= 0.3 is 21.1 Å². The molecule has 4 aromatic carbocycles. The summed E-state index contributed by atoms with van der Waals surface area (Å²) in [6.45, 7) is 6.25. The third-order valence-corrected chi connectivity index (χ3v) is 7.52. The summed E-state index contributed by atoms with van der Waals surface area (Å²) >= 11 is 0. The quantitative estimate of drug-likeness (QED) is 0.161. The second-order valence-electron chi connectivity index (χ2n) is 10.4. The molecule has 0 spiro atoms. The molecule has 3 heterocycles. The van der Waals surface area contributed by atoms with E-state index in [1.807, 2.05) is 71.8 Å². The number of hydrogen-bond donors (Lipinski definition) is 0. The average Bonchev–Trinajstić information content (AvgIpc) is 3.60. The minimum atomic E-state index is 0. The normalized spacial score (nSPS) is 11.1. The summed E-state index contributed by atoms with van der Waals surface area (Å²) in [5.74, 6) is 2.87. The van der Waals surface area contributed by atoms with Crippen LogP contribution >= 0.6 is 0 Å². The molecule has 0 atom stereocenters. The third kappa shape index (κ3) is 5.24. The molecule has 7 aromatic rings. The van der Waals surface area contributed by atoms with E-state index in [9.17, 15) is 0 Å². The van der Waals surface area contributed by atoms with Gasteiger partial charge in [-0.3, -0.25) is 4.68 Å². The van der Waals surface area contributed by atoms with Gasteiger partial charge in [0.25, 0.3) is 0 Å². The summed E-state index contributed by atoms with van der Waals surface area (Å²) in [5, 5.41) is 6.87. The van der Waals surface area contributed by atoms with Crippen molar-refractivity contribution in [2.75, 3.05) is 7.11 Å². The SMILES string of the molecule is COc1cc(C)c(-c2cnn(-c3[c-]c(Oc4[c-]c5c(cc4)c4ccccc4n5-c4cc(C)ccn4)ccc3)c2)c(C)c1.[Pt+2]. The molecule has 3 aromatic heterocycles. The molecule has 0 fully saturated rings. The fourth-order valence-electron chi connectivity index (χ4n) is 5.64. The molecular weight excluding hydrogens is 716 g/mol. The Morgan fingerprint density at radius 3 is 2.37 bits per heavy atom. The van der Waals surface area contributed by atoms with Crippen LogP contribution in [0.15, 0.2) is 97.5 Å². The van der Waals surface area contributed by atoms with E-state index < -0.39 is 0 Å². The first kappa shape index (κ1) is 28.4. The van der Waals surface area contributed by atoms with Crippen molar-refractivity contribution >= 4 is 21.8 Å². The van der Waals surface area contributed by atoms with Gasteiger partial charge in [0, 0.05) is 35.0 Å². The number of fused-ring (bicyclic) bond motifs is 3. The van der Waals surface area contributed by atoms with E-state index in [0.29, 0.717) is 11.5 Å². The van der Waals surface area contributed by atoms with Gasteiger partial charge in [0.2, 0.25) is 0 Å². The molecule has 0 aliphatic rings. The van der Waals surface area contributed by atoms with Crippen molar-refractivity contribution in [1.29, 1.82) is 0 Å². The Hall–Kier alpha value is -4.67. The number of pyridine rings is 1. The van der Waals surface area contributed by atoms with Crippen molar-refractivity contribution in [3.8, 4) is 39.9 Å². The Morgan fingerprint density at radius 1 is 0.791 bits per heavy atom. The van der Waals surface area contributed by atoms with Crippen LogP contribution < -0.4 is 9.47 Å². The molecule has 214 valence electrons. The van der Waals surface area contributed by atoms with E-state index in [0.717, 1.165) is 66.9 Å². The van der Waals surface area contributed by atoms with Gasteiger partial charge in [0.1, 0.15) is 11.6 Å². The Bertz CT molecular complexity index is 2090. The van der Waals surface area contributed by atoms with E-state index in [2.05, 4.69) is 77.9 Å². The van der Waals surface area contributed by atoms with E-state index in [4.69, 9.17) is 9.47 Å². The number of hydrogen-bond acceptors (Lipinski definition) is 4. The number of methoxy groups -OCH3 is 1. The van der Waals surface area contributed by atoms with E-state index in [-0.39, 0.29) is 21.1 Å². The predicted molar refractivity (Wildman–Crippen MR) is 166 cm³/mol. The zero-order valence-electron chi connectivity index (χ0n) is 24.2.